The van der Waals surface area contributed by atoms with Crippen molar-refractivity contribution in [3.8, 4) is 11.5 Å². The summed E-state index contributed by atoms with van der Waals surface area (Å²) in [4.78, 5) is 15.6. The van der Waals surface area contributed by atoms with Crippen molar-refractivity contribution >= 4 is 11.8 Å². The van der Waals surface area contributed by atoms with E-state index in [9.17, 15) is 4.79 Å². The number of anilines is 1. The maximum atomic E-state index is 11.7. The van der Waals surface area contributed by atoms with E-state index in [1.54, 1.807) is 43.5 Å². The Kier molecular flexibility index (Phi) is 3.43. The van der Waals surface area contributed by atoms with E-state index >= 15 is 0 Å². The molecular weight excluding hydrogens is 232 g/mol. The van der Waals surface area contributed by atoms with E-state index in [2.05, 4.69) is 4.98 Å². The molecule has 0 fully saturated rings. The number of hydrogen-bond donors (Lipinski definition) is 1. The number of hydrogen-bond acceptors (Lipinski definition) is 5. The quantitative estimate of drug-likeness (QED) is 0.659. The first kappa shape index (κ1) is 11.9. The van der Waals surface area contributed by atoms with Crippen LogP contribution in [0.1, 0.15) is 10.4 Å². The predicted molar refractivity (Wildman–Crippen MR) is 66.6 cm³/mol. The SMILES string of the molecule is COc1ccc(OC(=O)c2ccc(N)nc2)cc1. The monoisotopic (exact) mass is 244 g/mol. The fourth-order valence-corrected chi connectivity index (χ4v) is 1.34. The van der Waals surface area contributed by atoms with Crippen LogP contribution in [0.5, 0.6) is 11.5 Å². The highest BCUT2D eigenvalue weighted by Crippen LogP contribution is 2.18. The van der Waals surface area contributed by atoms with Gasteiger partial charge in [0.05, 0.1) is 12.7 Å². The van der Waals surface area contributed by atoms with E-state index < -0.39 is 5.97 Å². The van der Waals surface area contributed by atoms with Crippen molar-refractivity contribution in [1.82, 2.24) is 4.98 Å². The summed E-state index contributed by atoms with van der Waals surface area (Å²) in [7, 11) is 1.57. The summed E-state index contributed by atoms with van der Waals surface area (Å²) in [5.74, 6) is 1.02. The first-order chi connectivity index (χ1) is 8.69. The molecule has 5 nitrogen and oxygen atoms in total. The lowest BCUT2D eigenvalue weighted by atomic mass is 10.3. The number of rotatable bonds is 3. The molecule has 92 valence electrons. The Bertz CT molecular complexity index is 535. The van der Waals surface area contributed by atoms with Gasteiger partial charge in [0.1, 0.15) is 17.3 Å². The maximum Gasteiger partial charge on any atom is 0.345 e. The van der Waals surface area contributed by atoms with E-state index in [4.69, 9.17) is 15.2 Å². The molecule has 1 heterocycles. The van der Waals surface area contributed by atoms with Crippen LogP contribution >= 0.6 is 0 Å². The molecule has 2 N–H and O–H groups in total. The molecule has 0 aliphatic rings. The summed E-state index contributed by atoms with van der Waals surface area (Å²) in [5, 5.41) is 0. The van der Waals surface area contributed by atoms with Crippen LogP contribution in [0, 0.1) is 0 Å². The molecule has 2 rings (SSSR count). The van der Waals surface area contributed by atoms with Crippen LogP contribution in [-0.2, 0) is 0 Å². The first-order valence-corrected chi connectivity index (χ1v) is 5.27. The van der Waals surface area contributed by atoms with Gasteiger partial charge in [0, 0.05) is 6.20 Å². The molecule has 0 radical (unpaired) electrons. The van der Waals surface area contributed by atoms with Crippen LogP contribution in [0.25, 0.3) is 0 Å². The standard InChI is InChI=1S/C13H12N2O3/c1-17-10-3-5-11(6-4-10)18-13(16)9-2-7-12(14)15-8-9/h2-8H,1H3,(H2,14,15). The van der Waals surface area contributed by atoms with Gasteiger partial charge in [-0.2, -0.15) is 0 Å². The molecule has 0 aliphatic heterocycles. The van der Waals surface area contributed by atoms with Crippen LogP contribution < -0.4 is 15.2 Å². The van der Waals surface area contributed by atoms with Gasteiger partial charge in [0.25, 0.3) is 0 Å². The van der Waals surface area contributed by atoms with Gasteiger partial charge in [-0.3, -0.25) is 0 Å². The number of ether oxygens (including phenoxy) is 2. The molecule has 18 heavy (non-hydrogen) atoms. The molecule has 0 amide bonds. The molecule has 0 atom stereocenters. The average Bonchev–Trinajstić information content (AvgIpc) is 2.40. The number of nitrogen functional groups attached to an aromatic ring is 1. The molecule has 1 aromatic heterocycles. The summed E-state index contributed by atoms with van der Waals surface area (Å²) >= 11 is 0. The van der Waals surface area contributed by atoms with Crippen LogP contribution in [0.3, 0.4) is 0 Å². The van der Waals surface area contributed by atoms with Crippen molar-refractivity contribution < 1.29 is 14.3 Å². The van der Waals surface area contributed by atoms with Gasteiger partial charge in [-0.15, -0.1) is 0 Å². The molecule has 1 aromatic carbocycles. The predicted octanol–water partition coefficient (Wildman–Crippen LogP) is 1.89. The third-order valence-corrected chi connectivity index (χ3v) is 2.29. The Hall–Kier alpha value is -2.56. The van der Waals surface area contributed by atoms with Gasteiger partial charge in [-0.05, 0) is 36.4 Å². The smallest absolute Gasteiger partial charge is 0.345 e. The summed E-state index contributed by atoms with van der Waals surface area (Å²) in [6.07, 6.45) is 1.38. The molecule has 2 aromatic rings. The van der Waals surface area contributed by atoms with Crippen molar-refractivity contribution in [2.75, 3.05) is 12.8 Å². The highest BCUT2D eigenvalue weighted by atomic mass is 16.5. The number of carbonyl (C=O) groups excluding carboxylic acids is 1. The lowest BCUT2D eigenvalue weighted by molar-refractivity contribution is 0.0734. The second-order valence-electron chi connectivity index (χ2n) is 3.54. The molecule has 0 saturated carbocycles. The molecule has 0 bridgehead atoms. The first-order valence-electron chi connectivity index (χ1n) is 5.27. The second-order valence-corrected chi connectivity index (χ2v) is 3.54. The minimum atomic E-state index is -0.479. The Morgan fingerprint density at radius 2 is 1.78 bits per heavy atom. The Balaban J connectivity index is 2.08. The number of nitrogens with two attached hydrogens (primary N) is 1. The zero-order valence-electron chi connectivity index (χ0n) is 9.79. The second kappa shape index (κ2) is 5.18. The number of esters is 1. The molecule has 0 saturated heterocycles. The minimum absolute atomic E-state index is 0.347. The minimum Gasteiger partial charge on any atom is -0.497 e. The molecule has 5 heteroatoms. The van der Waals surface area contributed by atoms with Gasteiger partial charge in [-0.1, -0.05) is 0 Å². The number of pyridine rings is 1. The fraction of sp³-hybridized carbons (Fsp3) is 0.0769. The van der Waals surface area contributed by atoms with E-state index in [0.29, 0.717) is 22.9 Å². The van der Waals surface area contributed by atoms with Crippen LogP contribution in [-0.4, -0.2) is 18.1 Å². The number of benzene rings is 1. The van der Waals surface area contributed by atoms with Crippen molar-refractivity contribution in [2.45, 2.75) is 0 Å². The van der Waals surface area contributed by atoms with Crippen molar-refractivity contribution in [1.29, 1.82) is 0 Å². The Morgan fingerprint density at radius 3 is 2.33 bits per heavy atom. The Morgan fingerprint density at radius 1 is 1.11 bits per heavy atom. The van der Waals surface area contributed by atoms with E-state index in [1.165, 1.54) is 6.20 Å². The number of nitrogens with zero attached hydrogens (tertiary/aromatic N) is 1. The summed E-state index contributed by atoms with van der Waals surface area (Å²) in [6.45, 7) is 0. The molecule has 0 aliphatic carbocycles. The average molecular weight is 244 g/mol. The third-order valence-electron chi connectivity index (χ3n) is 2.29. The zero-order valence-corrected chi connectivity index (χ0v) is 9.79. The van der Waals surface area contributed by atoms with Crippen LogP contribution in [0.4, 0.5) is 5.82 Å². The lowest BCUT2D eigenvalue weighted by Gasteiger charge is -2.05. The third kappa shape index (κ3) is 2.76. The van der Waals surface area contributed by atoms with Crippen LogP contribution in [0.15, 0.2) is 42.6 Å². The van der Waals surface area contributed by atoms with E-state index in [-0.39, 0.29) is 0 Å². The van der Waals surface area contributed by atoms with E-state index in [1.807, 2.05) is 0 Å². The zero-order chi connectivity index (χ0) is 13.0. The normalized spacial score (nSPS) is 9.83. The number of aromatic nitrogens is 1. The van der Waals surface area contributed by atoms with Gasteiger partial charge in [0.15, 0.2) is 0 Å². The lowest BCUT2D eigenvalue weighted by Crippen LogP contribution is -2.09. The van der Waals surface area contributed by atoms with Crippen molar-refractivity contribution in [2.24, 2.45) is 0 Å². The highest BCUT2D eigenvalue weighted by Gasteiger charge is 2.08. The highest BCUT2D eigenvalue weighted by molar-refractivity contribution is 5.90. The van der Waals surface area contributed by atoms with Gasteiger partial charge >= 0.3 is 5.97 Å². The Labute approximate surface area is 104 Å². The molecular formula is C13H12N2O3. The largest absolute Gasteiger partial charge is 0.497 e. The summed E-state index contributed by atoms with van der Waals surface area (Å²) in [6, 6.07) is 9.84. The summed E-state index contributed by atoms with van der Waals surface area (Å²) < 4.78 is 10.2. The van der Waals surface area contributed by atoms with Gasteiger partial charge < -0.3 is 15.2 Å². The summed E-state index contributed by atoms with van der Waals surface area (Å²) in [5.41, 5.74) is 5.78. The fourth-order valence-electron chi connectivity index (χ4n) is 1.34. The molecule has 0 spiro atoms. The van der Waals surface area contributed by atoms with Crippen molar-refractivity contribution in [3.05, 3.63) is 48.2 Å². The van der Waals surface area contributed by atoms with Gasteiger partial charge in [0.2, 0.25) is 0 Å². The number of carbonyl (C=O) groups is 1. The van der Waals surface area contributed by atoms with Crippen molar-refractivity contribution in [3.63, 3.8) is 0 Å². The van der Waals surface area contributed by atoms with E-state index in [0.717, 1.165) is 0 Å². The van der Waals surface area contributed by atoms with Crippen LogP contribution in [0.2, 0.25) is 0 Å². The molecule has 0 unspecified atom stereocenters. The van der Waals surface area contributed by atoms with Gasteiger partial charge in [-0.25, -0.2) is 9.78 Å². The number of methoxy groups -OCH3 is 1. The maximum absolute atomic E-state index is 11.7. The topological polar surface area (TPSA) is 74.4 Å².